The van der Waals surface area contributed by atoms with Gasteiger partial charge in [0.25, 0.3) is 0 Å². The zero-order valence-electron chi connectivity index (χ0n) is 12.3. The molecular weight excluding hydrogens is 328 g/mol. The van der Waals surface area contributed by atoms with Crippen LogP contribution in [0.3, 0.4) is 0 Å². The highest BCUT2D eigenvalue weighted by Crippen LogP contribution is 2.32. The minimum atomic E-state index is -0.241. The number of carbonyl (C=O) groups excluding carboxylic acids is 1. The molecule has 5 nitrogen and oxygen atoms in total. The third-order valence-corrected chi connectivity index (χ3v) is 4.93. The summed E-state index contributed by atoms with van der Waals surface area (Å²) in [5, 5.41) is 6.36. The maximum Gasteiger partial charge on any atom is 0.230 e. The number of anilines is 1. The molecule has 0 fully saturated rings. The van der Waals surface area contributed by atoms with Crippen LogP contribution in [0.5, 0.6) is 0 Å². The number of amides is 1. The van der Waals surface area contributed by atoms with Gasteiger partial charge in [-0.2, -0.15) is 0 Å². The summed E-state index contributed by atoms with van der Waals surface area (Å²) in [5.41, 5.74) is 7.56. The topological polar surface area (TPSA) is 80.9 Å². The molecule has 0 aliphatic rings. The summed E-state index contributed by atoms with van der Waals surface area (Å²) < 4.78 is 0. The standard InChI is InChI=1S/C13H18N4OS2.ClH/c1-6(7(2)14)12(18)17-13-16-10(5-19-13)11-8(3)15-9(4)20-11;/h5-7H,14H2,1-4H3,(H,16,17,18);1H. The van der Waals surface area contributed by atoms with Crippen LogP contribution in [0.15, 0.2) is 5.38 Å². The lowest BCUT2D eigenvalue weighted by molar-refractivity contribution is -0.119. The minimum absolute atomic E-state index is 0. The molecule has 21 heavy (non-hydrogen) atoms. The quantitative estimate of drug-likeness (QED) is 0.890. The molecule has 0 aliphatic carbocycles. The van der Waals surface area contributed by atoms with E-state index in [1.807, 2.05) is 33.1 Å². The van der Waals surface area contributed by atoms with Crippen molar-refractivity contribution in [3.8, 4) is 10.6 Å². The van der Waals surface area contributed by atoms with Crippen molar-refractivity contribution in [3.05, 3.63) is 16.1 Å². The van der Waals surface area contributed by atoms with Crippen molar-refractivity contribution in [2.24, 2.45) is 11.7 Å². The van der Waals surface area contributed by atoms with Gasteiger partial charge >= 0.3 is 0 Å². The number of halogens is 1. The minimum Gasteiger partial charge on any atom is -0.327 e. The summed E-state index contributed by atoms with van der Waals surface area (Å²) in [4.78, 5) is 21.8. The number of thiazole rings is 2. The lowest BCUT2D eigenvalue weighted by Gasteiger charge is -2.13. The summed E-state index contributed by atoms with van der Waals surface area (Å²) in [6.07, 6.45) is 0. The van der Waals surface area contributed by atoms with Gasteiger partial charge in [-0.1, -0.05) is 6.92 Å². The van der Waals surface area contributed by atoms with Crippen molar-refractivity contribution < 1.29 is 4.79 Å². The Morgan fingerprint density at radius 3 is 2.52 bits per heavy atom. The summed E-state index contributed by atoms with van der Waals surface area (Å²) in [7, 11) is 0. The summed E-state index contributed by atoms with van der Waals surface area (Å²) in [6, 6.07) is -0.180. The number of nitrogens with two attached hydrogens (primary N) is 1. The van der Waals surface area contributed by atoms with Gasteiger partial charge < -0.3 is 11.1 Å². The Labute approximate surface area is 138 Å². The van der Waals surface area contributed by atoms with Crippen LogP contribution in [-0.2, 0) is 4.79 Å². The van der Waals surface area contributed by atoms with Crippen molar-refractivity contribution in [1.29, 1.82) is 0 Å². The third-order valence-electron chi connectivity index (χ3n) is 3.07. The number of hydrogen-bond acceptors (Lipinski definition) is 6. The Bertz CT molecular complexity index is 623. The van der Waals surface area contributed by atoms with Crippen molar-refractivity contribution in [1.82, 2.24) is 9.97 Å². The summed E-state index contributed by atoms with van der Waals surface area (Å²) in [5.74, 6) is -0.340. The molecule has 2 atom stereocenters. The second-order valence-corrected chi connectivity index (χ2v) is 6.88. The van der Waals surface area contributed by atoms with Crippen LogP contribution in [0.4, 0.5) is 5.13 Å². The van der Waals surface area contributed by atoms with Gasteiger partial charge in [-0.25, -0.2) is 9.97 Å². The molecule has 0 saturated heterocycles. The molecule has 0 saturated carbocycles. The van der Waals surface area contributed by atoms with Crippen LogP contribution in [-0.4, -0.2) is 21.9 Å². The van der Waals surface area contributed by atoms with Gasteiger partial charge in [0.05, 0.1) is 27.2 Å². The van der Waals surface area contributed by atoms with Crippen LogP contribution in [0.25, 0.3) is 10.6 Å². The van der Waals surface area contributed by atoms with Crippen LogP contribution in [0.1, 0.15) is 24.5 Å². The zero-order chi connectivity index (χ0) is 14.9. The predicted molar refractivity (Wildman–Crippen MR) is 91.4 cm³/mol. The Hall–Kier alpha value is -1.02. The number of aryl methyl sites for hydroxylation is 2. The van der Waals surface area contributed by atoms with Crippen LogP contribution in [0.2, 0.25) is 0 Å². The number of rotatable bonds is 4. The monoisotopic (exact) mass is 346 g/mol. The molecule has 0 aromatic carbocycles. The lowest BCUT2D eigenvalue weighted by Crippen LogP contribution is -2.34. The van der Waals surface area contributed by atoms with E-state index in [-0.39, 0.29) is 30.3 Å². The number of nitrogens with zero attached hydrogens (tertiary/aromatic N) is 2. The third kappa shape index (κ3) is 4.23. The Morgan fingerprint density at radius 1 is 1.33 bits per heavy atom. The van der Waals surface area contributed by atoms with Crippen LogP contribution >= 0.6 is 35.1 Å². The Balaban J connectivity index is 0.00000220. The molecule has 0 aliphatic heterocycles. The van der Waals surface area contributed by atoms with E-state index in [1.165, 1.54) is 11.3 Å². The van der Waals surface area contributed by atoms with E-state index in [2.05, 4.69) is 15.3 Å². The largest absolute Gasteiger partial charge is 0.327 e. The maximum atomic E-state index is 11.9. The fourth-order valence-electron chi connectivity index (χ4n) is 1.66. The first-order chi connectivity index (χ1) is 9.38. The average molecular weight is 347 g/mol. The van der Waals surface area contributed by atoms with Gasteiger partial charge in [0, 0.05) is 11.4 Å². The van der Waals surface area contributed by atoms with E-state index in [4.69, 9.17) is 5.73 Å². The molecule has 2 unspecified atom stereocenters. The number of nitrogens with one attached hydrogen (secondary N) is 1. The van der Waals surface area contributed by atoms with E-state index in [0.29, 0.717) is 5.13 Å². The molecule has 2 heterocycles. The number of carbonyl (C=O) groups is 1. The summed E-state index contributed by atoms with van der Waals surface area (Å²) in [6.45, 7) is 7.57. The lowest BCUT2D eigenvalue weighted by atomic mass is 10.0. The second kappa shape index (κ2) is 7.31. The van der Waals surface area contributed by atoms with E-state index in [0.717, 1.165) is 21.3 Å². The molecule has 0 radical (unpaired) electrons. The molecule has 116 valence electrons. The Morgan fingerprint density at radius 2 is 2.00 bits per heavy atom. The molecule has 0 spiro atoms. The van der Waals surface area contributed by atoms with Crippen molar-refractivity contribution in [2.45, 2.75) is 33.7 Å². The van der Waals surface area contributed by atoms with Crippen molar-refractivity contribution in [3.63, 3.8) is 0 Å². The van der Waals surface area contributed by atoms with Crippen molar-refractivity contribution in [2.75, 3.05) is 5.32 Å². The average Bonchev–Trinajstić information content (AvgIpc) is 2.94. The first kappa shape index (κ1) is 18.0. The van der Waals surface area contributed by atoms with Crippen molar-refractivity contribution >= 4 is 46.1 Å². The van der Waals surface area contributed by atoms with Gasteiger partial charge in [0.15, 0.2) is 5.13 Å². The highest BCUT2D eigenvalue weighted by Gasteiger charge is 2.19. The molecule has 3 N–H and O–H groups in total. The van der Waals surface area contributed by atoms with Crippen LogP contribution in [0, 0.1) is 19.8 Å². The first-order valence-electron chi connectivity index (χ1n) is 6.35. The number of aromatic nitrogens is 2. The van der Waals surface area contributed by atoms with Gasteiger partial charge in [0.1, 0.15) is 0 Å². The first-order valence-corrected chi connectivity index (χ1v) is 8.04. The SMILES string of the molecule is Cc1nc(C)c(-c2csc(NC(=O)C(C)C(C)N)n2)s1.Cl. The Kier molecular flexibility index (Phi) is 6.27. The maximum absolute atomic E-state index is 11.9. The molecule has 0 bridgehead atoms. The van der Waals surface area contributed by atoms with Gasteiger partial charge in [0.2, 0.25) is 5.91 Å². The van der Waals surface area contributed by atoms with E-state index in [9.17, 15) is 4.79 Å². The summed E-state index contributed by atoms with van der Waals surface area (Å²) >= 11 is 3.03. The highest BCUT2D eigenvalue weighted by molar-refractivity contribution is 7.16. The van der Waals surface area contributed by atoms with E-state index < -0.39 is 0 Å². The molecule has 2 aromatic rings. The van der Waals surface area contributed by atoms with Gasteiger partial charge in [-0.15, -0.1) is 35.1 Å². The molecule has 1 amide bonds. The van der Waals surface area contributed by atoms with E-state index >= 15 is 0 Å². The molecular formula is C13H19ClN4OS2. The predicted octanol–water partition coefficient (Wildman–Crippen LogP) is 3.23. The zero-order valence-corrected chi connectivity index (χ0v) is 14.8. The molecule has 2 rings (SSSR count). The molecule has 2 aromatic heterocycles. The second-order valence-electron chi connectivity index (χ2n) is 4.82. The fourth-order valence-corrected chi connectivity index (χ4v) is 3.32. The van der Waals surface area contributed by atoms with Gasteiger partial charge in [-0.3, -0.25) is 4.79 Å². The van der Waals surface area contributed by atoms with E-state index in [1.54, 1.807) is 11.3 Å². The smallest absolute Gasteiger partial charge is 0.230 e. The fraction of sp³-hybridized carbons (Fsp3) is 0.462. The van der Waals surface area contributed by atoms with Gasteiger partial charge in [-0.05, 0) is 20.8 Å². The highest BCUT2D eigenvalue weighted by atomic mass is 35.5. The molecule has 8 heteroatoms. The number of hydrogen-bond donors (Lipinski definition) is 2. The normalized spacial score (nSPS) is 13.4. The van der Waals surface area contributed by atoms with Crippen LogP contribution < -0.4 is 11.1 Å².